The van der Waals surface area contributed by atoms with Crippen LogP contribution >= 0.6 is 0 Å². The number of nitriles is 1. The minimum absolute atomic E-state index is 0.00816. The Labute approximate surface area is 186 Å². The third kappa shape index (κ3) is 6.30. The van der Waals surface area contributed by atoms with E-state index in [1.165, 1.54) is 25.3 Å². The van der Waals surface area contributed by atoms with Crippen LogP contribution < -0.4 is 14.8 Å². The summed E-state index contributed by atoms with van der Waals surface area (Å²) in [7, 11) is 1.53. The molecule has 1 fully saturated rings. The zero-order valence-electron chi connectivity index (χ0n) is 17.8. The van der Waals surface area contributed by atoms with Crippen molar-refractivity contribution < 1.29 is 23.8 Å². The van der Waals surface area contributed by atoms with Gasteiger partial charge in [0, 0.05) is 37.3 Å². The van der Waals surface area contributed by atoms with Gasteiger partial charge in [0.2, 0.25) is 5.91 Å². The monoisotopic (exact) mass is 439 g/mol. The van der Waals surface area contributed by atoms with E-state index in [0.717, 1.165) is 0 Å². The van der Waals surface area contributed by atoms with Crippen molar-refractivity contribution in [2.24, 2.45) is 0 Å². The Morgan fingerprint density at radius 2 is 2.09 bits per heavy atom. The molecule has 168 valence electrons. The maximum Gasteiger partial charge on any atom is 0.244 e. The topological polar surface area (TPSA) is 94.8 Å². The first kappa shape index (κ1) is 23.3. The fourth-order valence-electron chi connectivity index (χ4n) is 3.46. The highest BCUT2D eigenvalue weighted by Crippen LogP contribution is 2.22. The van der Waals surface area contributed by atoms with Gasteiger partial charge in [0.1, 0.15) is 23.4 Å². The fraction of sp³-hybridized carbons (Fsp3) is 0.333. The predicted molar refractivity (Wildman–Crippen MR) is 118 cm³/mol. The number of carbonyl (C=O) groups is 1. The molecule has 0 saturated carbocycles. The number of aliphatic hydroxyl groups is 1. The van der Waals surface area contributed by atoms with Crippen molar-refractivity contribution in [3.05, 3.63) is 65.5 Å². The first-order chi connectivity index (χ1) is 15.5. The average Bonchev–Trinajstić information content (AvgIpc) is 2.79. The number of hydrogen-bond acceptors (Lipinski definition) is 6. The van der Waals surface area contributed by atoms with Crippen LogP contribution in [-0.4, -0.2) is 61.4 Å². The third-order valence-electron chi connectivity index (χ3n) is 5.27. The zero-order valence-corrected chi connectivity index (χ0v) is 17.8. The molecule has 0 bridgehead atoms. The number of hydrogen-bond donors (Lipinski definition) is 2. The minimum atomic E-state index is -0.306. The molecule has 2 aromatic rings. The van der Waals surface area contributed by atoms with Gasteiger partial charge in [0.25, 0.3) is 0 Å². The molecular formula is C24H26FN3O4. The standard InChI is InChI=1S/C24H26FN3O4/c1-31-23-8-2-17(13-26)12-18(23)3-9-24(30)27-11-10-20(16-29)28-14-22(15-28)32-21-6-4-19(25)5-7-21/h2-9,12,20,22,29H,10-11,14-16H2,1H3,(H,27,30)/b9-3+/t20-/m0/s1. The van der Waals surface area contributed by atoms with Gasteiger partial charge in [-0.05, 0) is 55.0 Å². The molecule has 32 heavy (non-hydrogen) atoms. The largest absolute Gasteiger partial charge is 0.496 e. The molecule has 1 saturated heterocycles. The summed E-state index contributed by atoms with van der Waals surface area (Å²) in [6.45, 7) is 1.70. The second-order valence-corrected chi connectivity index (χ2v) is 7.47. The summed E-state index contributed by atoms with van der Waals surface area (Å²) in [5.41, 5.74) is 1.12. The number of halogens is 1. The number of methoxy groups -OCH3 is 1. The van der Waals surface area contributed by atoms with E-state index < -0.39 is 0 Å². The van der Waals surface area contributed by atoms with Gasteiger partial charge in [0.15, 0.2) is 0 Å². The molecule has 3 rings (SSSR count). The van der Waals surface area contributed by atoms with Crippen molar-refractivity contribution in [1.82, 2.24) is 10.2 Å². The summed E-state index contributed by atoms with van der Waals surface area (Å²) >= 11 is 0. The van der Waals surface area contributed by atoms with Crippen molar-refractivity contribution in [3.63, 3.8) is 0 Å². The Bertz CT molecular complexity index is 982. The molecule has 1 heterocycles. The Hall–Kier alpha value is -3.41. The number of nitrogens with zero attached hydrogens (tertiary/aromatic N) is 2. The Kier molecular flexibility index (Phi) is 8.20. The second kappa shape index (κ2) is 11.3. The van der Waals surface area contributed by atoms with Gasteiger partial charge >= 0.3 is 0 Å². The van der Waals surface area contributed by atoms with E-state index in [-0.39, 0.29) is 30.5 Å². The van der Waals surface area contributed by atoms with E-state index in [1.54, 1.807) is 36.4 Å². The molecule has 0 spiro atoms. The number of amides is 1. The van der Waals surface area contributed by atoms with Gasteiger partial charge in [-0.25, -0.2) is 4.39 Å². The quantitative estimate of drug-likeness (QED) is 0.552. The van der Waals surface area contributed by atoms with E-state index in [1.807, 2.05) is 0 Å². The zero-order chi connectivity index (χ0) is 22.9. The van der Waals surface area contributed by atoms with E-state index >= 15 is 0 Å². The predicted octanol–water partition coefficient (Wildman–Crippen LogP) is 2.35. The molecule has 8 heteroatoms. The Balaban J connectivity index is 1.41. The molecule has 0 unspecified atom stereocenters. The number of rotatable bonds is 10. The first-order valence-corrected chi connectivity index (χ1v) is 10.3. The number of benzene rings is 2. The van der Waals surface area contributed by atoms with Gasteiger partial charge < -0.3 is 19.9 Å². The highest BCUT2D eigenvalue weighted by atomic mass is 19.1. The van der Waals surface area contributed by atoms with Gasteiger partial charge in [-0.1, -0.05) is 0 Å². The summed E-state index contributed by atoms with van der Waals surface area (Å²) in [5.74, 6) is 0.614. The van der Waals surface area contributed by atoms with Crippen LogP contribution in [0.1, 0.15) is 17.5 Å². The smallest absolute Gasteiger partial charge is 0.244 e. The number of likely N-dealkylation sites (tertiary alicyclic amines) is 1. The van der Waals surface area contributed by atoms with Gasteiger partial charge in [0.05, 0.1) is 25.3 Å². The summed E-state index contributed by atoms with van der Waals surface area (Å²) in [5, 5.41) is 21.5. The average molecular weight is 439 g/mol. The maximum absolute atomic E-state index is 13.0. The lowest BCUT2D eigenvalue weighted by Crippen LogP contribution is -2.59. The van der Waals surface area contributed by atoms with Crippen LogP contribution in [0.2, 0.25) is 0 Å². The highest BCUT2D eigenvalue weighted by molar-refractivity contribution is 5.92. The second-order valence-electron chi connectivity index (χ2n) is 7.47. The van der Waals surface area contributed by atoms with E-state index in [4.69, 9.17) is 14.7 Å². The summed E-state index contributed by atoms with van der Waals surface area (Å²) in [4.78, 5) is 14.2. The fourth-order valence-corrected chi connectivity index (χ4v) is 3.46. The lowest BCUT2D eigenvalue weighted by Gasteiger charge is -2.43. The molecule has 7 nitrogen and oxygen atoms in total. The number of aliphatic hydroxyl groups excluding tert-OH is 1. The molecule has 1 atom stereocenters. The van der Waals surface area contributed by atoms with Crippen LogP contribution in [0.15, 0.2) is 48.5 Å². The molecular weight excluding hydrogens is 413 g/mol. The summed E-state index contributed by atoms with van der Waals surface area (Å²) in [6, 6.07) is 12.9. The van der Waals surface area contributed by atoms with Crippen LogP contribution in [0.3, 0.4) is 0 Å². The molecule has 0 radical (unpaired) electrons. The summed E-state index contributed by atoms with van der Waals surface area (Å²) in [6.07, 6.45) is 3.58. The SMILES string of the molecule is COc1ccc(C#N)cc1/C=C/C(=O)NCC[C@@H](CO)N1CC(Oc2ccc(F)cc2)C1. The lowest BCUT2D eigenvalue weighted by molar-refractivity contribution is -0.116. The van der Waals surface area contributed by atoms with E-state index in [0.29, 0.717) is 48.7 Å². The Morgan fingerprint density at radius 1 is 1.34 bits per heavy atom. The van der Waals surface area contributed by atoms with Crippen molar-refractivity contribution in [2.45, 2.75) is 18.6 Å². The molecule has 0 aromatic heterocycles. The van der Waals surface area contributed by atoms with Crippen LogP contribution in [0.5, 0.6) is 11.5 Å². The summed E-state index contributed by atoms with van der Waals surface area (Å²) < 4.78 is 24.0. The van der Waals surface area contributed by atoms with Crippen molar-refractivity contribution in [2.75, 3.05) is 33.4 Å². The first-order valence-electron chi connectivity index (χ1n) is 10.3. The number of carbonyl (C=O) groups excluding carboxylic acids is 1. The van der Waals surface area contributed by atoms with Crippen LogP contribution in [0, 0.1) is 17.1 Å². The van der Waals surface area contributed by atoms with Gasteiger partial charge in [-0.3, -0.25) is 9.69 Å². The van der Waals surface area contributed by atoms with Crippen molar-refractivity contribution in [3.8, 4) is 17.6 Å². The third-order valence-corrected chi connectivity index (χ3v) is 5.27. The molecule has 2 N–H and O–H groups in total. The molecule has 1 amide bonds. The maximum atomic E-state index is 13.0. The normalized spacial score (nSPS) is 15.1. The minimum Gasteiger partial charge on any atom is -0.496 e. The lowest BCUT2D eigenvalue weighted by atomic mass is 10.1. The van der Waals surface area contributed by atoms with Crippen molar-refractivity contribution >= 4 is 12.0 Å². The molecule has 1 aliphatic heterocycles. The van der Waals surface area contributed by atoms with Crippen LogP contribution in [0.4, 0.5) is 4.39 Å². The van der Waals surface area contributed by atoms with Gasteiger partial charge in [-0.15, -0.1) is 0 Å². The Morgan fingerprint density at radius 3 is 2.75 bits per heavy atom. The number of nitrogens with one attached hydrogen (secondary N) is 1. The number of ether oxygens (including phenoxy) is 2. The molecule has 2 aromatic carbocycles. The molecule has 1 aliphatic rings. The van der Waals surface area contributed by atoms with Crippen LogP contribution in [0.25, 0.3) is 6.08 Å². The van der Waals surface area contributed by atoms with Crippen LogP contribution in [-0.2, 0) is 4.79 Å². The van der Waals surface area contributed by atoms with E-state index in [9.17, 15) is 14.3 Å². The molecule has 0 aliphatic carbocycles. The highest BCUT2D eigenvalue weighted by Gasteiger charge is 2.33. The van der Waals surface area contributed by atoms with Gasteiger partial charge in [-0.2, -0.15) is 5.26 Å². The van der Waals surface area contributed by atoms with E-state index in [2.05, 4.69) is 16.3 Å². The van der Waals surface area contributed by atoms with Crippen molar-refractivity contribution in [1.29, 1.82) is 5.26 Å².